The molecular weight excluding hydrogens is 155 g/mol. The van der Waals surface area contributed by atoms with E-state index >= 15 is 0 Å². The minimum Gasteiger partial charge on any atom is -0.358 e. The van der Waals surface area contributed by atoms with Crippen LogP contribution in [0.15, 0.2) is 24.3 Å². The van der Waals surface area contributed by atoms with Gasteiger partial charge in [-0.15, -0.1) is 0 Å². The van der Waals surface area contributed by atoms with Crippen molar-refractivity contribution in [1.82, 2.24) is 0 Å². The number of aryl methyl sites for hydroxylation is 1. The molecule has 0 saturated heterocycles. The molecule has 0 N–H and O–H groups in total. The lowest BCUT2D eigenvalue weighted by Gasteiger charge is -2.00. The third-order valence-electron chi connectivity index (χ3n) is 1.39. The van der Waals surface area contributed by atoms with Crippen LogP contribution in [-0.4, -0.2) is 6.61 Å². The minimum atomic E-state index is 0.501. The summed E-state index contributed by atoms with van der Waals surface area (Å²) in [5, 5.41) is 1.28. The van der Waals surface area contributed by atoms with Crippen LogP contribution in [0.2, 0.25) is 0 Å². The van der Waals surface area contributed by atoms with Crippen molar-refractivity contribution in [3.63, 3.8) is 0 Å². The van der Waals surface area contributed by atoms with Crippen LogP contribution in [0.25, 0.3) is 0 Å². The highest BCUT2D eigenvalue weighted by Crippen LogP contribution is 2.11. The molecule has 0 bridgehead atoms. The predicted molar refractivity (Wildman–Crippen MR) is 50.8 cm³/mol. The van der Waals surface area contributed by atoms with Crippen molar-refractivity contribution in [3.05, 3.63) is 29.8 Å². The quantitative estimate of drug-likeness (QED) is 0.629. The van der Waals surface area contributed by atoms with Gasteiger partial charge < -0.3 is 4.52 Å². The molecule has 0 heterocycles. The molecular formula is C9H13OP. The molecule has 1 rings (SSSR count). The molecule has 0 aromatic heterocycles. The highest BCUT2D eigenvalue weighted by molar-refractivity contribution is 7.41. The van der Waals surface area contributed by atoms with E-state index in [4.69, 9.17) is 4.52 Å². The summed E-state index contributed by atoms with van der Waals surface area (Å²) in [6.07, 6.45) is 0. The molecule has 60 valence electrons. The zero-order chi connectivity index (χ0) is 8.10. The fraction of sp³-hybridized carbons (Fsp3) is 0.333. The highest BCUT2D eigenvalue weighted by Gasteiger charge is 1.90. The first-order valence-electron chi connectivity index (χ1n) is 3.77. The summed E-state index contributed by atoms with van der Waals surface area (Å²) in [5.41, 5.74) is 1.30. The Kier molecular flexibility index (Phi) is 3.55. The van der Waals surface area contributed by atoms with E-state index in [0.29, 0.717) is 8.81 Å². The van der Waals surface area contributed by atoms with Gasteiger partial charge in [-0.1, -0.05) is 29.8 Å². The van der Waals surface area contributed by atoms with E-state index in [1.165, 1.54) is 10.9 Å². The van der Waals surface area contributed by atoms with Crippen LogP contribution in [0, 0.1) is 6.92 Å². The molecule has 11 heavy (non-hydrogen) atoms. The van der Waals surface area contributed by atoms with Crippen molar-refractivity contribution in [2.24, 2.45) is 0 Å². The molecule has 1 atom stereocenters. The van der Waals surface area contributed by atoms with Crippen LogP contribution in [0.4, 0.5) is 0 Å². The maximum absolute atomic E-state index is 5.29. The Balaban J connectivity index is 2.52. The average Bonchev–Trinajstić information content (AvgIpc) is 2.04. The monoisotopic (exact) mass is 168 g/mol. The van der Waals surface area contributed by atoms with Gasteiger partial charge in [-0.25, -0.2) is 0 Å². The standard InChI is InChI=1S/C9H13OP/c1-3-10-11-9-6-4-8(2)5-7-9/h4-7,11H,3H2,1-2H3. The number of hydrogen-bond donors (Lipinski definition) is 0. The first-order chi connectivity index (χ1) is 5.33. The highest BCUT2D eigenvalue weighted by atomic mass is 31.1. The molecule has 0 spiro atoms. The topological polar surface area (TPSA) is 9.23 Å². The van der Waals surface area contributed by atoms with Crippen LogP contribution in [0.1, 0.15) is 12.5 Å². The fourth-order valence-corrected chi connectivity index (χ4v) is 1.39. The van der Waals surface area contributed by atoms with Gasteiger partial charge in [0.05, 0.1) is 0 Å². The number of benzene rings is 1. The van der Waals surface area contributed by atoms with Gasteiger partial charge in [0.2, 0.25) is 0 Å². The van der Waals surface area contributed by atoms with Crippen LogP contribution in [0.5, 0.6) is 0 Å². The first-order valence-corrected chi connectivity index (χ1v) is 4.68. The Morgan fingerprint density at radius 1 is 1.27 bits per heavy atom. The zero-order valence-corrected chi connectivity index (χ0v) is 7.92. The van der Waals surface area contributed by atoms with E-state index in [1.807, 2.05) is 6.92 Å². The van der Waals surface area contributed by atoms with Crippen LogP contribution >= 0.6 is 8.81 Å². The smallest absolute Gasteiger partial charge is 0.0481 e. The van der Waals surface area contributed by atoms with Gasteiger partial charge in [-0.2, -0.15) is 0 Å². The van der Waals surface area contributed by atoms with Crippen molar-refractivity contribution in [1.29, 1.82) is 0 Å². The fourth-order valence-electron chi connectivity index (χ4n) is 0.777. The summed E-state index contributed by atoms with van der Waals surface area (Å²) in [6, 6.07) is 8.45. The molecule has 1 aromatic carbocycles. The van der Waals surface area contributed by atoms with Crippen molar-refractivity contribution < 1.29 is 4.52 Å². The SMILES string of the molecule is CCOPc1ccc(C)cc1. The zero-order valence-electron chi connectivity index (χ0n) is 6.92. The molecule has 0 saturated carbocycles. The van der Waals surface area contributed by atoms with Gasteiger partial charge in [-0.3, -0.25) is 0 Å². The van der Waals surface area contributed by atoms with E-state index < -0.39 is 0 Å². The third kappa shape index (κ3) is 3.00. The molecule has 2 heteroatoms. The van der Waals surface area contributed by atoms with Gasteiger partial charge in [-0.05, 0) is 19.2 Å². The van der Waals surface area contributed by atoms with Gasteiger partial charge in [0, 0.05) is 15.4 Å². The van der Waals surface area contributed by atoms with Crippen LogP contribution < -0.4 is 5.30 Å². The largest absolute Gasteiger partial charge is 0.358 e. The molecule has 0 amide bonds. The van der Waals surface area contributed by atoms with Crippen molar-refractivity contribution in [2.45, 2.75) is 13.8 Å². The second kappa shape index (κ2) is 4.48. The van der Waals surface area contributed by atoms with E-state index in [1.54, 1.807) is 0 Å². The summed E-state index contributed by atoms with van der Waals surface area (Å²) in [7, 11) is 0.501. The van der Waals surface area contributed by atoms with Crippen molar-refractivity contribution in [3.8, 4) is 0 Å². The Hall–Kier alpha value is -0.390. The summed E-state index contributed by atoms with van der Waals surface area (Å²) < 4.78 is 5.29. The Labute approximate surface area is 69.6 Å². The third-order valence-corrected chi connectivity index (χ3v) is 2.39. The van der Waals surface area contributed by atoms with Gasteiger partial charge in [0.15, 0.2) is 0 Å². The Bertz CT molecular complexity index is 205. The summed E-state index contributed by atoms with van der Waals surface area (Å²) in [4.78, 5) is 0. The average molecular weight is 168 g/mol. The van der Waals surface area contributed by atoms with E-state index in [9.17, 15) is 0 Å². The molecule has 0 fully saturated rings. The van der Waals surface area contributed by atoms with Gasteiger partial charge in [0.25, 0.3) is 0 Å². The maximum atomic E-state index is 5.29. The normalized spacial score (nSPS) is 11.1. The Morgan fingerprint density at radius 2 is 1.91 bits per heavy atom. The minimum absolute atomic E-state index is 0.501. The lowest BCUT2D eigenvalue weighted by Crippen LogP contribution is -1.93. The molecule has 1 aromatic rings. The summed E-state index contributed by atoms with van der Waals surface area (Å²) in [6.45, 7) is 4.90. The lowest BCUT2D eigenvalue weighted by atomic mass is 10.2. The molecule has 0 aliphatic rings. The van der Waals surface area contributed by atoms with Gasteiger partial charge >= 0.3 is 0 Å². The summed E-state index contributed by atoms with van der Waals surface area (Å²) in [5.74, 6) is 0. The summed E-state index contributed by atoms with van der Waals surface area (Å²) >= 11 is 0. The second-order valence-electron chi connectivity index (χ2n) is 2.40. The van der Waals surface area contributed by atoms with E-state index in [0.717, 1.165) is 6.61 Å². The molecule has 0 aliphatic heterocycles. The van der Waals surface area contributed by atoms with Crippen LogP contribution in [0.3, 0.4) is 0 Å². The molecule has 0 radical (unpaired) electrons. The molecule has 1 unspecified atom stereocenters. The van der Waals surface area contributed by atoms with Crippen LogP contribution in [-0.2, 0) is 4.52 Å². The van der Waals surface area contributed by atoms with E-state index in [2.05, 4.69) is 31.2 Å². The Morgan fingerprint density at radius 3 is 2.45 bits per heavy atom. The molecule has 0 aliphatic carbocycles. The second-order valence-corrected chi connectivity index (χ2v) is 3.47. The maximum Gasteiger partial charge on any atom is 0.0481 e. The van der Waals surface area contributed by atoms with Gasteiger partial charge in [0.1, 0.15) is 0 Å². The predicted octanol–water partition coefficient (Wildman–Crippen LogP) is 2.25. The van der Waals surface area contributed by atoms with E-state index in [-0.39, 0.29) is 0 Å². The first kappa shape index (κ1) is 8.70. The lowest BCUT2D eigenvalue weighted by molar-refractivity contribution is 0.394. The van der Waals surface area contributed by atoms with Crippen molar-refractivity contribution >= 4 is 14.1 Å². The molecule has 1 nitrogen and oxygen atoms in total. The number of rotatable bonds is 3. The van der Waals surface area contributed by atoms with Crippen molar-refractivity contribution in [2.75, 3.05) is 6.61 Å². The number of hydrogen-bond acceptors (Lipinski definition) is 1.